The molecule has 6 nitrogen and oxygen atoms in total. The molecule has 2 rings (SSSR count). The minimum Gasteiger partial charge on any atom is -0.212 e. The second-order valence-electron chi connectivity index (χ2n) is 6.38. The van der Waals surface area contributed by atoms with Crippen LogP contribution in [0.2, 0.25) is 0 Å². The normalized spacial score (nSPS) is 12.7. The number of hydrogen-bond acceptors (Lipinski definition) is 4. The van der Waals surface area contributed by atoms with Gasteiger partial charge in [-0.1, -0.05) is 54.6 Å². The van der Waals surface area contributed by atoms with E-state index in [0.717, 1.165) is 11.0 Å². The van der Waals surface area contributed by atoms with Crippen molar-refractivity contribution in [3.05, 3.63) is 76.7 Å². The van der Waals surface area contributed by atoms with Crippen LogP contribution in [0.3, 0.4) is 0 Å². The first-order valence-corrected chi connectivity index (χ1v) is 11.7. The molecule has 0 saturated heterocycles. The summed E-state index contributed by atoms with van der Waals surface area (Å²) in [4.78, 5) is 0. The van der Waals surface area contributed by atoms with Crippen LogP contribution in [0.15, 0.2) is 60.0 Å². The van der Waals surface area contributed by atoms with Crippen LogP contribution in [0.5, 0.6) is 0 Å². The van der Waals surface area contributed by atoms with Crippen LogP contribution in [0, 0.1) is 0 Å². The number of rotatable bonds is 9. The smallest absolute Gasteiger partial charge is 0.212 e. The molecule has 0 amide bonds. The molecule has 27 heavy (non-hydrogen) atoms. The van der Waals surface area contributed by atoms with Gasteiger partial charge in [-0.3, -0.25) is 0 Å². The maximum Gasteiger partial charge on any atom is 0.234 e. The second kappa shape index (κ2) is 9.27. The van der Waals surface area contributed by atoms with Crippen LogP contribution in [-0.2, 0) is 32.3 Å². The molecule has 0 atom stereocenters. The highest BCUT2D eigenvalue weighted by Crippen LogP contribution is 2.13. The molecule has 0 aliphatic carbocycles. The second-order valence-corrected chi connectivity index (χ2v) is 9.78. The zero-order valence-electron chi connectivity index (χ0n) is 15.3. The zero-order chi connectivity index (χ0) is 19.9. The molecule has 0 heterocycles. The average Bonchev–Trinajstić information content (AvgIpc) is 2.59. The molecule has 0 spiro atoms. The van der Waals surface area contributed by atoms with Crippen LogP contribution >= 0.6 is 0 Å². The van der Waals surface area contributed by atoms with E-state index in [1.165, 1.54) is 6.08 Å². The van der Waals surface area contributed by atoms with Crippen LogP contribution in [0.25, 0.3) is 6.08 Å². The molecule has 2 aromatic rings. The largest absolute Gasteiger partial charge is 0.234 e. The van der Waals surface area contributed by atoms with Crippen molar-refractivity contribution in [3.63, 3.8) is 0 Å². The molecule has 0 aliphatic heterocycles. The fourth-order valence-electron chi connectivity index (χ4n) is 2.44. The number of nitrogens with one attached hydrogen (secondary N) is 2. The Kier molecular flexibility index (Phi) is 7.32. The van der Waals surface area contributed by atoms with Gasteiger partial charge >= 0.3 is 0 Å². The lowest BCUT2D eigenvalue weighted by molar-refractivity contribution is 0.568. The molecule has 0 saturated carbocycles. The molecule has 0 aromatic heterocycles. The van der Waals surface area contributed by atoms with Gasteiger partial charge in [0.15, 0.2) is 0 Å². The van der Waals surface area contributed by atoms with Gasteiger partial charge in [-0.2, -0.15) is 0 Å². The Hall–Kier alpha value is -2.00. The van der Waals surface area contributed by atoms with Crippen LogP contribution < -0.4 is 9.44 Å². The maximum atomic E-state index is 12.2. The molecule has 0 bridgehead atoms. The lowest BCUT2D eigenvalue weighted by Crippen LogP contribution is -2.31. The van der Waals surface area contributed by atoms with Gasteiger partial charge in [-0.05, 0) is 36.6 Å². The Labute approximate surface area is 161 Å². The Balaban J connectivity index is 2.08. The summed E-state index contributed by atoms with van der Waals surface area (Å²) in [5.74, 6) is -0.205. The predicted octanol–water partition coefficient (Wildman–Crippen LogP) is 2.60. The van der Waals surface area contributed by atoms with Gasteiger partial charge in [0.1, 0.15) is 0 Å². The Morgan fingerprint density at radius 3 is 2.11 bits per heavy atom. The summed E-state index contributed by atoms with van der Waals surface area (Å²) < 4.78 is 53.7. The van der Waals surface area contributed by atoms with E-state index in [0.29, 0.717) is 11.1 Å². The monoisotopic (exact) mass is 408 g/mol. The summed E-state index contributed by atoms with van der Waals surface area (Å²) >= 11 is 0. The minimum atomic E-state index is -3.65. The SMILES string of the molecule is CC(C)NS(=O)(=O)Cc1ccccc1CNS(=O)(=O)/C=C/c1ccccc1. The molecular formula is C19H24N2O4S2. The third-order valence-corrected chi connectivity index (χ3v) is 6.14. The first-order valence-electron chi connectivity index (χ1n) is 8.46. The number of benzene rings is 2. The van der Waals surface area contributed by atoms with Gasteiger partial charge < -0.3 is 0 Å². The fraction of sp³-hybridized carbons (Fsp3) is 0.263. The van der Waals surface area contributed by atoms with E-state index < -0.39 is 20.0 Å². The molecule has 8 heteroatoms. The third-order valence-electron chi connectivity index (χ3n) is 3.58. The van der Waals surface area contributed by atoms with Crippen molar-refractivity contribution in [2.24, 2.45) is 0 Å². The Bertz CT molecular complexity index is 983. The van der Waals surface area contributed by atoms with Gasteiger partial charge in [0.05, 0.1) is 5.75 Å². The summed E-state index contributed by atoms with van der Waals surface area (Å²) in [6.07, 6.45) is 1.51. The van der Waals surface area contributed by atoms with Gasteiger partial charge in [-0.25, -0.2) is 26.3 Å². The minimum absolute atomic E-state index is 0.00876. The highest BCUT2D eigenvalue weighted by atomic mass is 32.2. The van der Waals surface area contributed by atoms with E-state index in [9.17, 15) is 16.8 Å². The summed E-state index contributed by atoms with van der Waals surface area (Å²) in [6, 6.07) is 15.8. The van der Waals surface area contributed by atoms with E-state index in [2.05, 4.69) is 9.44 Å². The number of sulfonamides is 2. The average molecular weight is 409 g/mol. The molecular weight excluding hydrogens is 384 g/mol. The highest BCUT2D eigenvalue weighted by Gasteiger charge is 2.16. The lowest BCUT2D eigenvalue weighted by atomic mass is 10.1. The van der Waals surface area contributed by atoms with Crippen LogP contribution in [0.4, 0.5) is 0 Å². The van der Waals surface area contributed by atoms with Crippen LogP contribution in [0.1, 0.15) is 30.5 Å². The Morgan fingerprint density at radius 2 is 1.48 bits per heavy atom. The molecule has 2 N–H and O–H groups in total. The van der Waals surface area contributed by atoms with Crippen molar-refractivity contribution in [1.82, 2.24) is 9.44 Å². The van der Waals surface area contributed by atoms with E-state index in [1.54, 1.807) is 50.2 Å². The fourth-order valence-corrected chi connectivity index (χ4v) is 4.72. The van der Waals surface area contributed by atoms with Crippen molar-refractivity contribution in [2.45, 2.75) is 32.2 Å². The van der Waals surface area contributed by atoms with Crippen molar-refractivity contribution < 1.29 is 16.8 Å². The highest BCUT2D eigenvalue weighted by molar-refractivity contribution is 7.92. The molecule has 0 aliphatic rings. The quantitative estimate of drug-likeness (QED) is 0.667. The molecule has 146 valence electrons. The summed E-state index contributed by atoms with van der Waals surface area (Å²) in [5, 5.41) is 1.10. The molecule has 2 aromatic carbocycles. The molecule has 0 unspecified atom stereocenters. The van der Waals surface area contributed by atoms with E-state index >= 15 is 0 Å². The topological polar surface area (TPSA) is 92.3 Å². The summed E-state index contributed by atoms with van der Waals surface area (Å²) in [7, 11) is -7.15. The van der Waals surface area contributed by atoms with Gasteiger partial charge in [0.25, 0.3) is 0 Å². The molecule has 0 radical (unpaired) electrons. The van der Waals surface area contributed by atoms with E-state index in [-0.39, 0.29) is 18.3 Å². The van der Waals surface area contributed by atoms with Gasteiger partial charge in [0, 0.05) is 18.0 Å². The van der Waals surface area contributed by atoms with Crippen molar-refractivity contribution in [3.8, 4) is 0 Å². The zero-order valence-corrected chi connectivity index (χ0v) is 16.9. The first kappa shape index (κ1) is 21.3. The summed E-state index contributed by atoms with van der Waals surface area (Å²) in [5.41, 5.74) is 1.94. The van der Waals surface area contributed by atoms with Gasteiger partial charge in [-0.15, -0.1) is 0 Å². The van der Waals surface area contributed by atoms with E-state index in [1.807, 2.05) is 18.2 Å². The van der Waals surface area contributed by atoms with Crippen molar-refractivity contribution in [1.29, 1.82) is 0 Å². The van der Waals surface area contributed by atoms with Crippen molar-refractivity contribution >= 4 is 26.1 Å². The third kappa shape index (κ3) is 7.64. The molecule has 0 fully saturated rings. The summed E-state index contributed by atoms with van der Waals surface area (Å²) in [6.45, 7) is 3.50. The Morgan fingerprint density at radius 1 is 0.889 bits per heavy atom. The lowest BCUT2D eigenvalue weighted by Gasteiger charge is -2.13. The van der Waals surface area contributed by atoms with E-state index in [4.69, 9.17) is 0 Å². The number of hydrogen-bond donors (Lipinski definition) is 2. The maximum absolute atomic E-state index is 12.2. The van der Waals surface area contributed by atoms with Crippen LogP contribution in [-0.4, -0.2) is 22.9 Å². The predicted molar refractivity (Wildman–Crippen MR) is 109 cm³/mol. The van der Waals surface area contributed by atoms with Crippen molar-refractivity contribution in [2.75, 3.05) is 0 Å². The van der Waals surface area contributed by atoms with Gasteiger partial charge in [0.2, 0.25) is 20.0 Å². The first-order chi connectivity index (χ1) is 12.7. The standard InChI is InChI=1S/C19H24N2O4S2/c1-16(2)21-27(24,25)15-19-11-7-6-10-18(19)14-20-26(22,23)13-12-17-8-4-3-5-9-17/h3-13,16,20-21H,14-15H2,1-2H3/b13-12+.